The van der Waals surface area contributed by atoms with Crippen LogP contribution in [0.4, 0.5) is 8.78 Å². The maximum atomic E-state index is 12.3. The largest absolute Gasteiger partial charge is 0.338 e. The predicted octanol–water partition coefficient (Wildman–Crippen LogP) is 0.797. The summed E-state index contributed by atoms with van der Waals surface area (Å²) in [6.07, 6.45) is -0.948. The second-order valence-corrected chi connectivity index (χ2v) is 4.17. The number of hydrogen-bond donors (Lipinski definition) is 1. The predicted molar refractivity (Wildman–Crippen MR) is 59.2 cm³/mol. The lowest BCUT2D eigenvalue weighted by Gasteiger charge is -2.35. The average Bonchev–Trinajstić information content (AvgIpc) is 2.60. The van der Waals surface area contributed by atoms with Gasteiger partial charge < -0.3 is 14.8 Å². The van der Waals surface area contributed by atoms with Gasteiger partial charge in [0, 0.05) is 26.3 Å². The molecular formula is C11H15F2N3O. The molecular weight excluding hydrogens is 228 g/mol. The minimum Gasteiger partial charge on any atom is -0.338 e. The van der Waals surface area contributed by atoms with Gasteiger partial charge in [-0.1, -0.05) is 0 Å². The van der Waals surface area contributed by atoms with Gasteiger partial charge in [0.1, 0.15) is 5.69 Å². The first kappa shape index (κ1) is 12.0. The molecule has 0 aromatic carbocycles. The summed E-state index contributed by atoms with van der Waals surface area (Å²) in [5.74, 6) is -0.206. The summed E-state index contributed by atoms with van der Waals surface area (Å²) >= 11 is 0. The number of alkyl halides is 2. The van der Waals surface area contributed by atoms with Crippen molar-refractivity contribution in [2.75, 3.05) is 20.1 Å². The minimum atomic E-state index is -2.45. The van der Waals surface area contributed by atoms with Gasteiger partial charge >= 0.3 is 0 Å². The van der Waals surface area contributed by atoms with E-state index in [1.807, 2.05) is 0 Å². The standard InChI is InChI=1S/C11H15F2N3O/c1-15(8-5-14-6-8)11(17)9-3-2-4-16(9)7-10(12)13/h2-4,8,10,14H,5-7H2,1H3. The van der Waals surface area contributed by atoms with Gasteiger partial charge in [-0.3, -0.25) is 4.79 Å². The molecule has 0 spiro atoms. The van der Waals surface area contributed by atoms with Crippen molar-refractivity contribution >= 4 is 5.91 Å². The SMILES string of the molecule is CN(C(=O)c1cccn1CC(F)F)C1CNC1. The van der Waals surface area contributed by atoms with E-state index in [0.29, 0.717) is 5.69 Å². The number of rotatable bonds is 4. The van der Waals surface area contributed by atoms with Gasteiger partial charge in [-0.15, -0.1) is 0 Å². The van der Waals surface area contributed by atoms with Crippen LogP contribution in [0.2, 0.25) is 0 Å². The Morgan fingerprint density at radius 1 is 1.65 bits per heavy atom. The van der Waals surface area contributed by atoms with E-state index in [4.69, 9.17) is 0 Å². The van der Waals surface area contributed by atoms with E-state index in [2.05, 4.69) is 5.32 Å². The second-order valence-electron chi connectivity index (χ2n) is 4.17. The van der Waals surface area contributed by atoms with Crippen LogP contribution in [0.25, 0.3) is 0 Å². The van der Waals surface area contributed by atoms with Crippen molar-refractivity contribution in [3.05, 3.63) is 24.0 Å². The Morgan fingerprint density at radius 3 is 2.88 bits per heavy atom. The molecule has 0 saturated carbocycles. The van der Waals surface area contributed by atoms with E-state index in [9.17, 15) is 13.6 Å². The maximum Gasteiger partial charge on any atom is 0.270 e. The highest BCUT2D eigenvalue weighted by atomic mass is 19.3. The highest BCUT2D eigenvalue weighted by Crippen LogP contribution is 2.12. The zero-order valence-electron chi connectivity index (χ0n) is 9.57. The van der Waals surface area contributed by atoms with Gasteiger partial charge in [0.15, 0.2) is 0 Å². The Morgan fingerprint density at radius 2 is 2.35 bits per heavy atom. The van der Waals surface area contributed by atoms with E-state index < -0.39 is 13.0 Å². The number of hydrogen-bond acceptors (Lipinski definition) is 2. The molecule has 17 heavy (non-hydrogen) atoms. The topological polar surface area (TPSA) is 37.3 Å². The van der Waals surface area contributed by atoms with Crippen molar-refractivity contribution in [1.82, 2.24) is 14.8 Å². The number of halogens is 2. The second kappa shape index (κ2) is 4.83. The third-order valence-electron chi connectivity index (χ3n) is 3.01. The van der Waals surface area contributed by atoms with Crippen molar-refractivity contribution in [2.24, 2.45) is 0 Å². The number of nitrogens with one attached hydrogen (secondary N) is 1. The number of aromatic nitrogens is 1. The summed E-state index contributed by atoms with van der Waals surface area (Å²) in [6, 6.07) is 3.35. The Labute approximate surface area is 98.2 Å². The lowest BCUT2D eigenvalue weighted by molar-refractivity contribution is 0.0661. The fourth-order valence-corrected chi connectivity index (χ4v) is 1.81. The van der Waals surface area contributed by atoms with Gasteiger partial charge in [0.2, 0.25) is 0 Å². The molecule has 0 aliphatic carbocycles. The summed E-state index contributed by atoms with van der Waals surface area (Å²) in [7, 11) is 1.70. The maximum absolute atomic E-state index is 12.3. The Kier molecular flexibility index (Phi) is 3.42. The quantitative estimate of drug-likeness (QED) is 0.849. The van der Waals surface area contributed by atoms with Crippen LogP contribution < -0.4 is 5.32 Å². The Bertz CT molecular complexity index is 401. The Hall–Kier alpha value is -1.43. The van der Waals surface area contributed by atoms with E-state index in [1.165, 1.54) is 10.8 Å². The van der Waals surface area contributed by atoms with E-state index in [-0.39, 0.29) is 11.9 Å². The molecule has 2 heterocycles. The molecule has 1 amide bonds. The summed E-state index contributed by atoms with van der Waals surface area (Å²) in [4.78, 5) is 13.7. The van der Waals surface area contributed by atoms with Gasteiger partial charge in [-0.2, -0.15) is 0 Å². The fraction of sp³-hybridized carbons (Fsp3) is 0.545. The lowest BCUT2D eigenvalue weighted by Crippen LogP contribution is -2.57. The number of carbonyl (C=O) groups excluding carboxylic acids is 1. The van der Waals surface area contributed by atoms with Crippen molar-refractivity contribution in [2.45, 2.75) is 19.0 Å². The highest BCUT2D eigenvalue weighted by Gasteiger charge is 2.27. The molecule has 1 fully saturated rings. The molecule has 0 radical (unpaired) electrons. The zero-order valence-corrected chi connectivity index (χ0v) is 9.57. The summed E-state index contributed by atoms with van der Waals surface area (Å²) in [5, 5.41) is 3.07. The van der Waals surface area contributed by atoms with Crippen molar-refractivity contribution in [3.63, 3.8) is 0 Å². The molecule has 6 heteroatoms. The number of likely N-dealkylation sites (N-methyl/N-ethyl adjacent to an activating group) is 1. The van der Waals surface area contributed by atoms with Crippen LogP contribution in [-0.4, -0.2) is 48.0 Å². The normalized spacial score (nSPS) is 16.0. The smallest absolute Gasteiger partial charge is 0.270 e. The average molecular weight is 243 g/mol. The van der Waals surface area contributed by atoms with E-state index in [0.717, 1.165) is 13.1 Å². The monoisotopic (exact) mass is 243 g/mol. The first-order valence-corrected chi connectivity index (χ1v) is 5.50. The van der Waals surface area contributed by atoms with Crippen LogP contribution in [0.5, 0.6) is 0 Å². The van der Waals surface area contributed by atoms with Gasteiger partial charge in [-0.25, -0.2) is 8.78 Å². The molecule has 1 saturated heterocycles. The third-order valence-corrected chi connectivity index (χ3v) is 3.01. The first-order chi connectivity index (χ1) is 8.09. The van der Waals surface area contributed by atoms with Crippen molar-refractivity contribution in [3.8, 4) is 0 Å². The molecule has 0 unspecified atom stereocenters. The molecule has 0 atom stereocenters. The fourth-order valence-electron chi connectivity index (χ4n) is 1.81. The highest BCUT2D eigenvalue weighted by molar-refractivity contribution is 5.92. The Balaban J connectivity index is 2.10. The van der Waals surface area contributed by atoms with E-state index >= 15 is 0 Å². The van der Waals surface area contributed by atoms with E-state index in [1.54, 1.807) is 24.1 Å². The summed E-state index contributed by atoms with van der Waals surface area (Å²) in [6.45, 7) is 1.08. The summed E-state index contributed by atoms with van der Waals surface area (Å²) in [5.41, 5.74) is 0.319. The molecule has 1 aliphatic heterocycles. The molecule has 1 aromatic rings. The van der Waals surface area contributed by atoms with Crippen LogP contribution in [0.1, 0.15) is 10.5 Å². The molecule has 1 N–H and O–H groups in total. The van der Waals surface area contributed by atoms with Gasteiger partial charge in [0.05, 0.1) is 12.6 Å². The number of carbonyl (C=O) groups is 1. The molecule has 94 valence electrons. The van der Waals surface area contributed by atoms with Crippen molar-refractivity contribution < 1.29 is 13.6 Å². The van der Waals surface area contributed by atoms with Gasteiger partial charge in [-0.05, 0) is 12.1 Å². The van der Waals surface area contributed by atoms with Crippen LogP contribution in [0.3, 0.4) is 0 Å². The molecule has 4 nitrogen and oxygen atoms in total. The molecule has 0 bridgehead atoms. The molecule has 2 rings (SSSR count). The van der Waals surface area contributed by atoms with Crippen LogP contribution in [-0.2, 0) is 6.54 Å². The number of amides is 1. The van der Waals surface area contributed by atoms with Crippen LogP contribution in [0, 0.1) is 0 Å². The molecule has 1 aliphatic rings. The number of nitrogens with zero attached hydrogens (tertiary/aromatic N) is 2. The third kappa shape index (κ3) is 2.46. The van der Waals surface area contributed by atoms with Crippen LogP contribution in [0.15, 0.2) is 18.3 Å². The van der Waals surface area contributed by atoms with Gasteiger partial charge in [0.25, 0.3) is 12.3 Å². The summed E-state index contributed by atoms with van der Waals surface area (Å²) < 4.78 is 25.9. The van der Waals surface area contributed by atoms with Crippen LogP contribution >= 0.6 is 0 Å². The first-order valence-electron chi connectivity index (χ1n) is 5.50. The molecule has 1 aromatic heterocycles. The zero-order chi connectivity index (χ0) is 12.4. The van der Waals surface area contributed by atoms with Crippen molar-refractivity contribution in [1.29, 1.82) is 0 Å². The minimum absolute atomic E-state index is 0.164. The lowest BCUT2D eigenvalue weighted by atomic mass is 10.1.